The molecule has 2 aromatic carbocycles. The van der Waals surface area contributed by atoms with Gasteiger partial charge in [-0.05, 0) is 79.1 Å². The van der Waals surface area contributed by atoms with Crippen LogP contribution in [0.1, 0.15) is 55.0 Å². The summed E-state index contributed by atoms with van der Waals surface area (Å²) in [6.07, 6.45) is 2.39. The van der Waals surface area contributed by atoms with Crippen molar-refractivity contribution in [2.45, 2.75) is 52.6 Å². The van der Waals surface area contributed by atoms with Crippen LogP contribution in [0.5, 0.6) is 11.6 Å². The number of pyridine rings is 1. The Kier molecular flexibility index (Phi) is 8.05. The van der Waals surface area contributed by atoms with Gasteiger partial charge in [-0.15, -0.1) is 0 Å². The van der Waals surface area contributed by atoms with E-state index in [9.17, 15) is 19.1 Å². The van der Waals surface area contributed by atoms with Crippen LogP contribution >= 0.6 is 0 Å². The minimum absolute atomic E-state index is 0.0727. The molecule has 1 N–H and O–H groups in total. The number of halogens is 1. The molecule has 2 aliphatic rings. The second-order valence-corrected chi connectivity index (χ2v) is 10.7. The highest BCUT2D eigenvalue weighted by atomic mass is 19.1. The molecule has 40 heavy (non-hydrogen) atoms. The fraction of sp³-hybridized carbons (Fsp3) is 0.406. The van der Waals surface area contributed by atoms with Gasteiger partial charge in [0.2, 0.25) is 11.8 Å². The zero-order valence-corrected chi connectivity index (χ0v) is 23.2. The van der Waals surface area contributed by atoms with Crippen molar-refractivity contribution in [1.82, 2.24) is 9.88 Å². The number of carboxylic acids is 1. The number of fused-ring (bicyclic) bond motifs is 3. The standard InChI is InChI=1S/C32H35FN2O5/c1-4-12-35(20(3)36)13-5-14-39-29-11-9-25(19(2)34-29)21-6-10-28(33)23(15-21)18-40-24-7-8-26-22(16-24)17-27-30(26)31(27)32(37)38/h6-11,15-16,27,30-31H,4-5,12-14,17-18H2,1-3H3,(H,37,38)/t27-,30+,31+/m1/s1. The SMILES string of the molecule is CCCN(CCCOc1ccc(-c2ccc(F)c(COc3ccc4c(c3)C[C@H]3[C@H](C(=O)O)[C@@H]43)c2)c(C)n1)C(C)=O. The van der Waals surface area contributed by atoms with Crippen LogP contribution in [-0.4, -0.2) is 46.6 Å². The number of amides is 1. The van der Waals surface area contributed by atoms with Crippen molar-refractivity contribution < 1.29 is 28.6 Å². The van der Waals surface area contributed by atoms with E-state index in [4.69, 9.17) is 9.47 Å². The van der Waals surface area contributed by atoms with Gasteiger partial charge < -0.3 is 19.5 Å². The van der Waals surface area contributed by atoms with Crippen LogP contribution < -0.4 is 9.47 Å². The third-order valence-corrected chi connectivity index (χ3v) is 7.96. The summed E-state index contributed by atoms with van der Waals surface area (Å²) >= 11 is 0. The smallest absolute Gasteiger partial charge is 0.307 e. The molecule has 1 saturated carbocycles. The number of carboxylic acid groups (broad SMARTS) is 1. The Bertz CT molecular complexity index is 1420. The average Bonchev–Trinajstić information content (AvgIpc) is 3.52. The predicted molar refractivity (Wildman–Crippen MR) is 149 cm³/mol. The summed E-state index contributed by atoms with van der Waals surface area (Å²) in [4.78, 5) is 29.4. The van der Waals surface area contributed by atoms with Gasteiger partial charge in [-0.3, -0.25) is 9.59 Å². The molecule has 1 heterocycles. The fourth-order valence-electron chi connectivity index (χ4n) is 5.88. The summed E-state index contributed by atoms with van der Waals surface area (Å²) in [5.41, 5.74) is 5.15. The van der Waals surface area contributed by atoms with Crippen molar-refractivity contribution in [1.29, 1.82) is 0 Å². The number of carbonyl (C=O) groups excluding carboxylic acids is 1. The molecule has 7 nitrogen and oxygen atoms in total. The molecule has 8 heteroatoms. The lowest BCUT2D eigenvalue weighted by Crippen LogP contribution is -2.31. The Labute approximate surface area is 233 Å². The summed E-state index contributed by atoms with van der Waals surface area (Å²) < 4.78 is 26.4. The van der Waals surface area contributed by atoms with Crippen LogP contribution in [-0.2, 0) is 22.6 Å². The number of aromatic nitrogens is 1. The Hall–Kier alpha value is -3.94. The number of nitrogens with zero attached hydrogens (tertiary/aromatic N) is 2. The molecule has 0 bridgehead atoms. The van der Waals surface area contributed by atoms with Gasteiger partial charge in [-0.25, -0.2) is 9.37 Å². The molecule has 0 saturated heterocycles. The first-order valence-corrected chi connectivity index (χ1v) is 13.9. The van der Waals surface area contributed by atoms with E-state index in [0.717, 1.165) is 53.8 Å². The first-order valence-electron chi connectivity index (χ1n) is 13.9. The molecule has 1 amide bonds. The van der Waals surface area contributed by atoms with Crippen molar-refractivity contribution in [2.24, 2.45) is 11.8 Å². The van der Waals surface area contributed by atoms with E-state index in [2.05, 4.69) is 4.98 Å². The minimum atomic E-state index is -0.719. The van der Waals surface area contributed by atoms with Crippen LogP contribution in [0.3, 0.4) is 0 Å². The number of benzene rings is 2. The third-order valence-electron chi connectivity index (χ3n) is 7.96. The largest absolute Gasteiger partial charge is 0.489 e. The Balaban J connectivity index is 1.19. The maximum atomic E-state index is 14.7. The van der Waals surface area contributed by atoms with Crippen LogP contribution in [0.2, 0.25) is 0 Å². The van der Waals surface area contributed by atoms with Gasteiger partial charge >= 0.3 is 5.97 Å². The van der Waals surface area contributed by atoms with Gasteiger partial charge in [0.1, 0.15) is 18.2 Å². The molecular weight excluding hydrogens is 511 g/mol. The number of hydrogen-bond acceptors (Lipinski definition) is 5. The Morgan fingerprint density at radius 1 is 1.10 bits per heavy atom. The maximum absolute atomic E-state index is 14.7. The Morgan fingerprint density at radius 3 is 2.65 bits per heavy atom. The first kappa shape index (κ1) is 27.6. The molecule has 5 rings (SSSR count). The summed E-state index contributed by atoms with van der Waals surface area (Å²) in [7, 11) is 0. The number of hydrogen-bond donors (Lipinski definition) is 1. The topological polar surface area (TPSA) is 89.0 Å². The Morgan fingerprint density at radius 2 is 1.93 bits per heavy atom. The molecule has 0 spiro atoms. The van der Waals surface area contributed by atoms with E-state index in [1.165, 1.54) is 6.07 Å². The van der Waals surface area contributed by atoms with Crippen molar-refractivity contribution in [2.75, 3.05) is 19.7 Å². The van der Waals surface area contributed by atoms with E-state index in [1.54, 1.807) is 25.1 Å². The van der Waals surface area contributed by atoms with Gasteiger partial charge in [0.25, 0.3) is 0 Å². The highest BCUT2D eigenvalue weighted by Gasteiger charge is 2.59. The fourth-order valence-corrected chi connectivity index (χ4v) is 5.88. The molecule has 2 aliphatic carbocycles. The van der Waals surface area contributed by atoms with Gasteiger partial charge in [0, 0.05) is 48.8 Å². The molecule has 0 radical (unpaired) electrons. The van der Waals surface area contributed by atoms with E-state index in [0.29, 0.717) is 30.3 Å². The number of carbonyl (C=O) groups is 2. The quantitative estimate of drug-likeness (QED) is 0.290. The van der Waals surface area contributed by atoms with Crippen molar-refractivity contribution >= 4 is 11.9 Å². The summed E-state index contributed by atoms with van der Waals surface area (Å²) in [5.74, 6) is 0.221. The van der Waals surface area contributed by atoms with E-state index in [-0.39, 0.29) is 36.1 Å². The molecule has 3 aromatic rings. The molecule has 0 aliphatic heterocycles. The normalized spacial score (nSPS) is 18.6. The van der Waals surface area contributed by atoms with Crippen molar-refractivity contribution in [3.05, 3.63) is 76.7 Å². The van der Waals surface area contributed by atoms with Gasteiger partial charge in [0.05, 0.1) is 12.5 Å². The van der Waals surface area contributed by atoms with Gasteiger partial charge in [-0.2, -0.15) is 0 Å². The van der Waals surface area contributed by atoms with Gasteiger partial charge in [-0.1, -0.05) is 19.1 Å². The van der Waals surface area contributed by atoms with Crippen LogP contribution in [0.15, 0.2) is 48.5 Å². The predicted octanol–water partition coefficient (Wildman–Crippen LogP) is 5.77. The maximum Gasteiger partial charge on any atom is 0.307 e. The average molecular weight is 547 g/mol. The highest BCUT2D eigenvalue weighted by molar-refractivity contribution is 5.78. The lowest BCUT2D eigenvalue weighted by atomic mass is 10.0. The second-order valence-electron chi connectivity index (χ2n) is 10.7. The van der Waals surface area contributed by atoms with E-state index in [1.807, 2.05) is 43.0 Å². The first-order chi connectivity index (χ1) is 19.3. The lowest BCUT2D eigenvalue weighted by molar-refractivity contribution is -0.139. The zero-order valence-electron chi connectivity index (χ0n) is 23.2. The monoisotopic (exact) mass is 546 g/mol. The highest BCUT2D eigenvalue weighted by Crippen LogP contribution is 2.61. The molecule has 1 aromatic heterocycles. The van der Waals surface area contributed by atoms with Crippen molar-refractivity contribution in [3.63, 3.8) is 0 Å². The summed E-state index contributed by atoms with van der Waals surface area (Å²) in [6, 6.07) is 14.4. The molecule has 1 fully saturated rings. The number of ether oxygens (including phenoxy) is 2. The third kappa shape index (κ3) is 5.81. The lowest BCUT2D eigenvalue weighted by Gasteiger charge is -2.20. The molecular formula is C32H35FN2O5. The second kappa shape index (κ2) is 11.7. The summed E-state index contributed by atoms with van der Waals surface area (Å²) in [6.45, 7) is 7.46. The minimum Gasteiger partial charge on any atom is -0.489 e. The summed E-state index contributed by atoms with van der Waals surface area (Å²) in [5, 5.41) is 9.32. The number of rotatable bonds is 12. The van der Waals surface area contributed by atoms with Crippen LogP contribution in [0, 0.1) is 24.6 Å². The molecule has 0 unspecified atom stereocenters. The molecule has 210 valence electrons. The van der Waals surface area contributed by atoms with Crippen LogP contribution in [0.4, 0.5) is 4.39 Å². The molecule has 3 atom stereocenters. The number of aryl methyl sites for hydroxylation is 1. The van der Waals surface area contributed by atoms with Crippen LogP contribution in [0.25, 0.3) is 11.1 Å². The van der Waals surface area contributed by atoms with E-state index >= 15 is 0 Å². The van der Waals surface area contributed by atoms with E-state index < -0.39 is 5.97 Å². The van der Waals surface area contributed by atoms with Gasteiger partial charge in [0.15, 0.2) is 0 Å². The number of aliphatic carboxylic acids is 1. The zero-order chi connectivity index (χ0) is 28.4. The van der Waals surface area contributed by atoms with Crippen molar-refractivity contribution in [3.8, 4) is 22.8 Å².